The summed E-state index contributed by atoms with van der Waals surface area (Å²) in [6.45, 7) is -0.169. The Hall–Kier alpha value is -1.61. The molecular weight excluding hydrogens is 309 g/mol. The fraction of sp³-hybridized carbons (Fsp3) is 0.417. The van der Waals surface area contributed by atoms with Gasteiger partial charge in [-0.1, -0.05) is 0 Å². The smallest absolute Gasteiger partial charge is 0.259 e. The van der Waals surface area contributed by atoms with Gasteiger partial charge in [0.25, 0.3) is 5.91 Å². The number of carbonyl (C=O) groups is 1. The fourth-order valence-corrected chi connectivity index (χ4v) is 3.34. The van der Waals surface area contributed by atoms with Gasteiger partial charge in [0.2, 0.25) is 10.0 Å². The van der Waals surface area contributed by atoms with E-state index in [0.717, 1.165) is 4.90 Å². The van der Waals surface area contributed by atoms with Gasteiger partial charge in [0.05, 0.1) is 5.25 Å². The summed E-state index contributed by atoms with van der Waals surface area (Å²) in [7, 11) is -2.34. The fourth-order valence-electron chi connectivity index (χ4n) is 2.21. The third kappa shape index (κ3) is 2.88. The Morgan fingerprint density at radius 1 is 1.29 bits per heavy atom. The van der Waals surface area contributed by atoms with Crippen molar-refractivity contribution in [2.45, 2.75) is 11.7 Å². The lowest BCUT2D eigenvalue weighted by Crippen LogP contribution is -2.36. The van der Waals surface area contributed by atoms with Crippen LogP contribution in [0.3, 0.4) is 0 Å². The highest BCUT2D eigenvalue weighted by atomic mass is 32.2. The van der Waals surface area contributed by atoms with E-state index in [1.54, 1.807) is 0 Å². The minimum absolute atomic E-state index is 0.0276. The molecule has 1 aromatic rings. The number of rotatable bonds is 3. The van der Waals surface area contributed by atoms with E-state index in [-0.39, 0.29) is 19.5 Å². The second-order valence-electron chi connectivity index (χ2n) is 4.63. The minimum Gasteiger partial charge on any atom is -0.337 e. The number of nitrogens with one attached hydrogen (secondary N) is 1. The summed E-state index contributed by atoms with van der Waals surface area (Å²) in [5, 5.41) is -0.855. The standard InChI is InChI=1S/C12H13F3N2O3S/c1-16-21(19,20)7-4-5-17(6-7)12(18)10-8(13)2-3-9(14)11(10)15/h2-3,7,16H,4-6H2,1H3/t7-/m0/s1. The highest BCUT2D eigenvalue weighted by Gasteiger charge is 2.36. The molecule has 0 saturated carbocycles. The van der Waals surface area contributed by atoms with Crippen molar-refractivity contribution in [3.63, 3.8) is 0 Å². The lowest BCUT2D eigenvalue weighted by atomic mass is 10.1. The Morgan fingerprint density at radius 2 is 1.90 bits per heavy atom. The third-order valence-corrected chi connectivity index (χ3v) is 5.24. The molecule has 1 fully saturated rings. The first-order valence-corrected chi connectivity index (χ1v) is 7.67. The van der Waals surface area contributed by atoms with E-state index in [2.05, 4.69) is 4.72 Å². The van der Waals surface area contributed by atoms with Crippen LogP contribution in [0.25, 0.3) is 0 Å². The number of sulfonamides is 1. The molecule has 1 aromatic carbocycles. The first-order valence-electron chi connectivity index (χ1n) is 6.13. The van der Waals surface area contributed by atoms with Crippen LogP contribution in [-0.2, 0) is 10.0 Å². The van der Waals surface area contributed by atoms with Gasteiger partial charge < -0.3 is 4.90 Å². The average molecular weight is 322 g/mol. The second-order valence-corrected chi connectivity index (χ2v) is 6.79. The number of halogens is 3. The maximum absolute atomic E-state index is 13.6. The van der Waals surface area contributed by atoms with Gasteiger partial charge in [0.1, 0.15) is 11.4 Å². The highest BCUT2D eigenvalue weighted by molar-refractivity contribution is 7.90. The van der Waals surface area contributed by atoms with E-state index in [1.807, 2.05) is 0 Å². The van der Waals surface area contributed by atoms with Crippen LogP contribution in [0.5, 0.6) is 0 Å². The van der Waals surface area contributed by atoms with Crippen molar-refractivity contribution in [1.82, 2.24) is 9.62 Å². The molecule has 2 rings (SSSR count). The Bertz CT molecular complexity index is 679. The SMILES string of the molecule is CNS(=O)(=O)[C@H]1CCN(C(=O)c2c(F)ccc(F)c2F)C1. The maximum Gasteiger partial charge on any atom is 0.259 e. The van der Waals surface area contributed by atoms with Crippen LogP contribution in [0.1, 0.15) is 16.8 Å². The number of carbonyl (C=O) groups excluding carboxylic acids is 1. The van der Waals surface area contributed by atoms with Crippen LogP contribution in [0, 0.1) is 17.5 Å². The zero-order valence-corrected chi connectivity index (χ0v) is 11.9. The molecule has 0 aromatic heterocycles. The Morgan fingerprint density at radius 3 is 2.52 bits per heavy atom. The Kier molecular flexibility index (Phi) is 4.24. The molecule has 1 atom stereocenters. The van der Waals surface area contributed by atoms with Crippen LogP contribution in [-0.4, -0.2) is 44.6 Å². The van der Waals surface area contributed by atoms with Gasteiger partial charge in [-0.3, -0.25) is 4.79 Å². The molecule has 116 valence electrons. The van der Waals surface area contributed by atoms with Crippen LogP contribution in [0.4, 0.5) is 13.2 Å². The van der Waals surface area contributed by atoms with Gasteiger partial charge in [-0.15, -0.1) is 0 Å². The quantitative estimate of drug-likeness (QED) is 0.840. The number of benzene rings is 1. The van der Waals surface area contributed by atoms with Gasteiger partial charge in [-0.2, -0.15) is 0 Å². The molecule has 9 heteroatoms. The van der Waals surface area contributed by atoms with E-state index in [4.69, 9.17) is 0 Å². The lowest BCUT2D eigenvalue weighted by molar-refractivity contribution is 0.0782. The average Bonchev–Trinajstić information content (AvgIpc) is 2.94. The van der Waals surface area contributed by atoms with Crippen molar-refractivity contribution in [2.75, 3.05) is 20.1 Å². The second kappa shape index (κ2) is 5.64. The van der Waals surface area contributed by atoms with Crippen LogP contribution < -0.4 is 4.72 Å². The summed E-state index contributed by atoms with van der Waals surface area (Å²) in [4.78, 5) is 13.1. The van der Waals surface area contributed by atoms with Crippen molar-refractivity contribution in [2.24, 2.45) is 0 Å². The van der Waals surface area contributed by atoms with E-state index in [9.17, 15) is 26.4 Å². The summed E-state index contributed by atoms with van der Waals surface area (Å²) >= 11 is 0. The van der Waals surface area contributed by atoms with Gasteiger partial charge in [0.15, 0.2) is 11.6 Å². The van der Waals surface area contributed by atoms with Crippen LogP contribution in [0.15, 0.2) is 12.1 Å². The normalized spacial score (nSPS) is 19.0. The van der Waals surface area contributed by atoms with Gasteiger partial charge in [0, 0.05) is 13.1 Å². The monoisotopic (exact) mass is 322 g/mol. The van der Waals surface area contributed by atoms with Gasteiger partial charge in [-0.25, -0.2) is 26.3 Å². The summed E-state index contributed by atoms with van der Waals surface area (Å²) in [6.07, 6.45) is 0.146. The topological polar surface area (TPSA) is 66.5 Å². The van der Waals surface area contributed by atoms with Crippen molar-refractivity contribution in [3.8, 4) is 0 Å². The molecule has 1 heterocycles. The Labute approximate surface area is 119 Å². The zero-order chi connectivity index (χ0) is 15.8. The first-order chi connectivity index (χ1) is 9.77. The summed E-state index contributed by atoms with van der Waals surface area (Å²) in [6, 6.07) is 1.24. The predicted molar refractivity (Wildman–Crippen MR) is 68.6 cm³/mol. The van der Waals surface area contributed by atoms with Gasteiger partial charge >= 0.3 is 0 Å². The molecule has 1 aliphatic heterocycles. The predicted octanol–water partition coefficient (Wildman–Crippen LogP) is 0.868. The van der Waals surface area contributed by atoms with Gasteiger partial charge in [-0.05, 0) is 25.6 Å². The maximum atomic E-state index is 13.6. The molecule has 0 bridgehead atoms. The number of hydrogen-bond acceptors (Lipinski definition) is 3. The largest absolute Gasteiger partial charge is 0.337 e. The molecule has 5 nitrogen and oxygen atoms in total. The van der Waals surface area contributed by atoms with Crippen LogP contribution in [0.2, 0.25) is 0 Å². The summed E-state index contributed by atoms with van der Waals surface area (Å²) in [5.74, 6) is -5.14. The molecule has 0 radical (unpaired) electrons. The van der Waals surface area contributed by atoms with E-state index >= 15 is 0 Å². The molecule has 0 unspecified atom stereocenters. The molecule has 1 saturated heterocycles. The van der Waals surface area contributed by atoms with Crippen molar-refractivity contribution >= 4 is 15.9 Å². The Balaban J connectivity index is 2.26. The molecule has 1 aliphatic rings. The van der Waals surface area contributed by atoms with Crippen LogP contribution >= 0.6 is 0 Å². The molecule has 21 heavy (non-hydrogen) atoms. The van der Waals surface area contributed by atoms with Crippen molar-refractivity contribution < 1.29 is 26.4 Å². The molecule has 0 spiro atoms. The molecular formula is C12H13F3N2O3S. The van der Waals surface area contributed by atoms with Crippen molar-refractivity contribution in [3.05, 3.63) is 35.1 Å². The number of nitrogens with zero attached hydrogens (tertiary/aromatic N) is 1. The molecule has 1 N–H and O–H groups in total. The lowest BCUT2D eigenvalue weighted by Gasteiger charge is -2.17. The number of amides is 1. The van der Waals surface area contributed by atoms with E-state index in [0.29, 0.717) is 12.1 Å². The first kappa shape index (κ1) is 15.8. The van der Waals surface area contributed by atoms with E-state index < -0.39 is 44.2 Å². The molecule has 0 aliphatic carbocycles. The van der Waals surface area contributed by atoms with E-state index in [1.165, 1.54) is 7.05 Å². The highest BCUT2D eigenvalue weighted by Crippen LogP contribution is 2.22. The minimum atomic E-state index is -3.58. The number of hydrogen-bond donors (Lipinski definition) is 1. The third-order valence-electron chi connectivity index (χ3n) is 3.41. The summed E-state index contributed by atoms with van der Waals surface area (Å²) in [5.41, 5.74) is -1.00. The summed E-state index contributed by atoms with van der Waals surface area (Å²) < 4.78 is 65.6. The zero-order valence-electron chi connectivity index (χ0n) is 11.1. The number of likely N-dealkylation sites (tertiary alicyclic amines) is 1. The van der Waals surface area contributed by atoms with Crippen molar-refractivity contribution in [1.29, 1.82) is 0 Å². The molecule has 1 amide bonds.